The van der Waals surface area contributed by atoms with Crippen LogP contribution in [0.2, 0.25) is 0 Å². The standard InChI is InChI=1S/C16H23NO4/c1-16(2,3)20-15(19)21-17-10-9-13(14(18)11-17)12-7-5-4-6-8-12/h4-8,13-14,18H,9-11H2,1-3H3. The summed E-state index contributed by atoms with van der Waals surface area (Å²) in [5.74, 6) is 0.0738. The van der Waals surface area contributed by atoms with Gasteiger partial charge in [-0.25, -0.2) is 4.79 Å². The minimum atomic E-state index is -0.729. The molecule has 21 heavy (non-hydrogen) atoms. The second kappa shape index (κ2) is 6.45. The van der Waals surface area contributed by atoms with Crippen LogP contribution in [0.4, 0.5) is 4.79 Å². The summed E-state index contributed by atoms with van der Waals surface area (Å²) in [6, 6.07) is 9.91. The predicted molar refractivity (Wildman–Crippen MR) is 78.7 cm³/mol. The van der Waals surface area contributed by atoms with Crippen molar-refractivity contribution in [1.29, 1.82) is 0 Å². The smallest absolute Gasteiger partial charge is 0.427 e. The van der Waals surface area contributed by atoms with Gasteiger partial charge >= 0.3 is 6.16 Å². The monoisotopic (exact) mass is 293 g/mol. The van der Waals surface area contributed by atoms with Gasteiger partial charge in [-0.1, -0.05) is 30.3 Å². The van der Waals surface area contributed by atoms with Crippen LogP contribution >= 0.6 is 0 Å². The van der Waals surface area contributed by atoms with Gasteiger partial charge in [0.05, 0.1) is 12.6 Å². The van der Waals surface area contributed by atoms with Crippen molar-refractivity contribution in [1.82, 2.24) is 5.06 Å². The quantitative estimate of drug-likeness (QED) is 0.850. The first-order valence-corrected chi connectivity index (χ1v) is 7.24. The molecule has 0 spiro atoms. The van der Waals surface area contributed by atoms with E-state index in [1.54, 1.807) is 20.8 Å². The van der Waals surface area contributed by atoms with E-state index in [4.69, 9.17) is 9.57 Å². The number of nitrogens with zero attached hydrogens (tertiary/aromatic N) is 1. The minimum absolute atomic E-state index is 0.0738. The predicted octanol–water partition coefficient (Wildman–Crippen LogP) is 2.70. The molecule has 0 saturated carbocycles. The summed E-state index contributed by atoms with van der Waals surface area (Å²) in [7, 11) is 0. The molecule has 1 aliphatic rings. The number of carbonyl (C=O) groups is 1. The lowest BCUT2D eigenvalue weighted by molar-refractivity contribution is -0.170. The zero-order chi connectivity index (χ0) is 15.5. The molecule has 116 valence electrons. The topological polar surface area (TPSA) is 59.0 Å². The highest BCUT2D eigenvalue weighted by Crippen LogP contribution is 2.28. The van der Waals surface area contributed by atoms with Crippen molar-refractivity contribution >= 4 is 6.16 Å². The van der Waals surface area contributed by atoms with Crippen LogP contribution in [0.1, 0.15) is 38.7 Å². The fourth-order valence-corrected chi connectivity index (χ4v) is 2.45. The van der Waals surface area contributed by atoms with Crippen LogP contribution in [-0.4, -0.2) is 41.1 Å². The van der Waals surface area contributed by atoms with Crippen molar-refractivity contribution in [3.05, 3.63) is 35.9 Å². The molecule has 1 fully saturated rings. The van der Waals surface area contributed by atoms with Crippen LogP contribution in [0.3, 0.4) is 0 Å². The zero-order valence-corrected chi connectivity index (χ0v) is 12.8. The number of carbonyl (C=O) groups excluding carboxylic acids is 1. The number of hydrogen-bond acceptors (Lipinski definition) is 5. The summed E-state index contributed by atoms with van der Waals surface area (Å²) < 4.78 is 5.10. The highest BCUT2D eigenvalue weighted by Gasteiger charge is 2.31. The van der Waals surface area contributed by atoms with E-state index in [1.165, 1.54) is 5.06 Å². The van der Waals surface area contributed by atoms with Gasteiger partial charge in [0.1, 0.15) is 5.60 Å². The summed E-state index contributed by atoms with van der Waals surface area (Å²) in [5.41, 5.74) is 0.528. The second-order valence-electron chi connectivity index (χ2n) is 6.32. The number of aliphatic hydroxyl groups is 1. The van der Waals surface area contributed by atoms with Crippen LogP contribution < -0.4 is 0 Å². The Kier molecular flexibility index (Phi) is 4.85. The Morgan fingerprint density at radius 2 is 1.95 bits per heavy atom. The lowest BCUT2D eigenvalue weighted by atomic mass is 9.88. The van der Waals surface area contributed by atoms with E-state index in [0.29, 0.717) is 13.1 Å². The van der Waals surface area contributed by atoms with Gasteiger partial charge < -0.3 is 14.7 Å². The number of β-amino-alcohol motifs (C(OH)–C–C–N with tert-alkyl or cyclic N) is 1. The lowest BCUT2D eigenvalue weighted by Gasteiger charge is -2.34. The molecule has 0 aliphatic carbocycles. The van der Waals surface area contributed by atoms with Gasteiger partial charge in [0.15, 0.2) is 0 Å². The Labute approximate surface area is 125 Å². The van der Waals surface area contributed by atoms with Gasteiger partial charge in [-0.3, -0.25) is 0 Å². The molecule has 0 amide bonds. The molecular formula is C16H23NO4. The maximum atomic E-state index is 11.6. The first-order chi connectivity index (χ1) is 9.85. The largest absolute Gasteiger partial charge is 0.528 e. The van der Waals surface area contributed by atoms with Gasteiger partial charge in [0.2, 0.25) is 0 Å². The molecule has 1 aromatic carbocycles. The number of hydrogen-bond donors (Lipinski definition) is 1. The maximum Gasteiger partial charge on any atom is 0.528 e. The fraction of sp³-hybridized carbons (Fsp3) is 0.562. The number of rotatable bonds is 2. The van der Waals surface area contributed by atoms with E-state index < -0.39 is 17.9 Å². The Bertz CT molecular complexity index is 469. The number of hydroxylamine groups is 2. The number of benzene rings is 1. The number of aliphatic hydroxyl groups excluding tert-OH is 1. The van der Waals surface area contributed by atoms with Crippen molar-refractivity contribution in [3.8, 4) is 0 Å². The summed E-state index contributed by atoms with van der Waals surface area (Å²) in [6.07, 6.45) is -0.565. The molecule has 1 saturated heterocycles. The normalized spacial score (nSPS) is 23.6. The first kappa shape index (κ1) is 15.8. The molecule has 0 radical (unpaired) electrons. The molecule has 2 unspecified atom stereocenters. The Morgan fingerprint density at radius 1 is 1.29 bits per heavy atom. The molecule has 1 aliphatic heterocycles. The third-order valence-corrected chi connectivity index (χ3v) is 3.37. The SMILES string of the molecule is CC(C)(C)OC(=O)ON1CCC(c2ccccc2)C(O)C1. The molecular weight excluding hydrogens is 270 g/mol. The lowest BCUT2D eigenvalue weighted by Crippen LogP contribution is -2.44. The van der Waals surface area contributed by atoms with Crippen molar-refractivity contribution < 1.29 is 19.5 Å². The molecule has 1 N–H and O–H groups in total. The van der Waals surface area contributed by atoms with E-state index >= 15 is 0 Å². The Hall–Kier alpha value is -1.59. The molecule has 1 aromatic rings. The summed E-state index contributed by atoms with van der Waals surface area (Å²) in [6.45, 7) is 6.22. The van der Waals surface area contributed by atoms with Crippen LogP contribution in [0.5, 0.6) is 0 Å². The molecule has 0 aromatic heterocycles. The van der Waals surface area contributed by atoms with Crippen LogP contribution in [0.25, 0.3) is 0 Å². The number of ether oxygens (including phenoxy) is 1. The first-order valence-electron chi connectivity index (χ1n) is 7.24. The van der Waals surface area contributed by atoms with E-state index in [9.17, 15) is 9.90 Å². The van der Waals surface area contributed by atoms with Crippen LogP contribution in [0.15, 0.2) is 30.3 Å². The van der Waals surface area contributed by atoms with E-state index in [0.717, 1.165) is 12.0 Å². The molecule has 0 bridgehead atoms. The average Bonchev–Trinajstić information content (AvgIpc) is 2.37. The van der Waals surface area contributed by atoms with E-state index in [-0.39, 0.29) is 5.92 Å². The Morgan fingerprint density at radius 3 is 2.52 bits per heavy atom. The highest BCUT2D eigenvalue weighted by molar-refractivity contribution is 5.60. The van der Waals surface area contributed by atoms with Gasteiger partial charge in [-0.15, -0.1) is 5.06 Å². The van der Waals surface area contributed by atoms with E-state index in [2.05, 4.69) is 0 Å². The van der Waals surface area contributed by atoms with Crippen molar-refractivity contribution in [2.45, 2.75) is 44.8 Å². The molecule has 5 nitrogen and oxygen atoms in total. The van der Waals surface area contributed by atoms with Gasteiger partial charge in [0.25, 0.3) is 0 Å². The minimum Gasteiger partial charge on any atom is -0.427 e. The molecule has 1 heterocycles. The van der Waals surface area contributed by atoms with Crippen molar-refractivity contribution in [2.24, 2.45) is 0 Å². The summed E-state index contributed by atoms with van der Waals surface area (Å²) >= 11 is 0. The van der Waals surface area contributed by atoms with Gasteiger partial charge in [0, 0.05) is 12.5 Å². The third kappa shape index (κ3) is 4.72. The molecule has 5 heteroatoms. The fourth-order valence-electron chi connectivity index (χ4n) is 2.45. The zero-order valence-electron chi connectivity index (χ0n) is 12.8. The van der Waals surface area contributed by atoms with Gasteiger partial charge in [-0.2, -0.15) is 0 Å². The van der Waals surface area contributed by atoms with E-state index in [1.807, 2.05) is 30.3 Å². The maximum absolute atomic E-state index is 11.6. The van der Waals surface area contributed by atoms with Crippen molar-refractivity contribution in [2.75, 3.05) is 13.1 Å². The van der Waals surface area contributed by atoms with Crippen LogP contribution in [0, 0.1) is 0 Å². The summed E-state index contributed by atoms with van der Waals surface area (Å²) in [4.78, 5) is 16.8. The third-order valence-electron chi connectivity index (χ3n) is 3.37. The second-order valence-corrected chi connectivity index (χ2v) is 6.32. The van der Waals surface area contributed by atoms with Crippen LogP contribution in [-0.2, 0) is 9.57 Å². The van der Waals surface area contributed by atoms with Crippen molar-refractivity contribution in [3.63, 3.8) is 0 Å². The molecule has 2 rings (SSSR count). The number of piperidine rings is 1. The molecule has 2 atom stereocenters. The Balaban J connectivity index is 1.88. The van der Waals surface area contributed by atoms with Gasteiger partial charge in [-0.05, 0) is 32.8 Å². The highest BCUT2D eigenvalue weighted by atomic mass is 16.8. The average molecular weight is 293 g/mol. The summed E-state index contributed by atoms with van der Waals surface area (Å²) in [5, 5.41) is 11.7.